The molecular formula is C13H12N2O2S. The molecule has 18 heavy (non-hydrogen) atoms. The summed E-state index contributed by atoms with van der Waals surface area (Å²) in [5, 5.41) is 12.1. The number of amides is 1. The minimum atomic E-state index is -0.292. The van der Waals surface area contributed by atoms with Crippen LogP contribution < -0.4 is 5.32 Å². The molecule has 1 aromatic heterocycles. The largest absolute Gasteiger partial charge is 0.506 e. The van der Waals surface area contributed by atoms with Crippen LogP contribution in [-0.2, 0) is 0 Å². The number of nitrogens with zero attached hydrogens (tertiary/aromatic N) is 1. The second-order valence-corrected chi connectivity index (χ2v) is 4.43. The lowest BCUT2D eigenvalue weighted by Gasteiger charge is -2.08. The molecule has 0 saturated carbocycles. The predicted octanol–water partition coefficient (Wildman–Crippen LogP) is 2.76. The van der Waals surface area contributed by atoms with E-state index in [1.54, 1.807) is 11.8 Å². The van der Waals surface area contributed by atoms with Crippen molar-refractivity contribution in [3.8, 4) is 5.75 Å². The molecule has 1 heterocycles. The highest BCUT2D eigenvalue weighted by Gasteiger charge is 2.09. The molecule has 2 rings (SSSR count). The Bertz CT molecular complexity index is 572. The third kappa shape index (κ3) is 2.81. The van der Waals surface area contributed by atoms with Crippen molar-refractivity contribution in [1.82, 2.24) is 4.98 Å². The summed E-state index contributed by atoms with van der Waals surface area (Å²) in [5.74, 6) is -0.319. The van der Waals surface area contributed by atoms with Crippen LogP contribution in [-0.4, -0.2) is 22.3 Å². The van der Waals surface area contributed by atoms with Crippen molar-refractivity contribution < 1.29 is 9.90 Å². The number of benzene rings is 1. The van der Waals surface area contributed by atoms with Crippen molar-refractivity contribution in [1.29, 1.82) is 0 Å². The first-order valence-electron chi connectivity index (χ1n) is 5.29. The standard InChI is InChI=1S/C13H12N2O2S/c1-18-12-5-3-2-4-11(12)15-13(17)9-6-10(16)8-14-7-9/h2-8,16H,1H3,(H,15,17). The minimum absolute atomic E-state index is 0.0270. The molecule has 0 unspecified atom stereocenters. The number of nitrogens with one attached hydrogen (secondary N) is 1. The maximum absolute atomic E-state index is 12.0. The summed E-state index contributed by atoms with van der Waals surface area (Å²) in [4.78, 5) is 16.7. The summed E-state index contributed by atoms with van der Waals surface area (Å²) in [5.41, 5.74) is 1.07. The fourth-order valence-electron chi connectivity index (χ4n) is 1.49. The minimum Gasteiger partial charge on any atom is -0.506 e. The van der Waals surface area contributed by atoms with Gasteiger partial charge in [-0.2, -0.15) is 0 Å². The third-order valence-electron chi connectivity index (χ3n) is 2.34. The Balaban J connectivity index is 2.21. The molecule has 1 amide bonds. The first kappa shape index (κ1) is 12.4. The maximum atomic E-state index is 12.0. The Kier molecular flexibility index (Phi) is 3.84. The summed E-state index contributed by atoms with van der Waals surface area (Å²) >= 11 is 1.56. The van der Waals surface area contributed by atoms with Crippen LogP contribution in [0.4, 0.5) is 5.69 Å². The van der Waals surface area contributed by atoms with Crippen molar-refractivity contribution in [2.75, 3.05) is 11.6 Å². The highest BCUT2D eigenvalue weighted by atomic mass is 32.2. The molecule has 2 aromatic rings. The first-order chi connectivity index (χ1) is 8.70. The average Bonchev–Trinajstić information content (AvgIpc) is 2.39. The van der Waals surface area contributed by atoms with E-state index in [9.17, 15) is 9.90 Å². The zero-order chi connectivity index (χ0) is 13.0. The molecule has 4 nitrogen and oxygen atoms in total. The molecule has 0 spiro atoms. The van der Waals surface area contributed by atoms with E-state index in [0.717, 1.165) is 10.6 Å². The molecule has 2 N–H and O–H groups in total. The normalized spacial score (nSPS) is 10.1. The van der Waals surface area contributed by atoms with Crippen LogP contribution in [0.1, 0.15) is 10.4 Å². The zero-order valence-electron chi connectivity index (χ0n) is 9.75. The van der Waals surface area contributed by atoms with Gasteiger partial charge < -0.3 is 10.4 Å². The molecule has 0 bridgehead atoms. The summed E-state index contributed by atoms with van der Waals surface area (Å²) in [7, 11) is 0. The van der Waals surface area contributed by atoms with Crippen LogP contribution in [0.15, 0.2) is 47.6 Å². The second kappa shape index (κ2) is 5.55. The van der Waals surface area contributed by atoms with Crippen molar-refractivity contribution in [2.24, 2.45) is 0 Å². The number of hydrogen-bond donors (Lipinski definition) is 2. The van der Waals surface area contributed by atoms with Gasteiger partial charge in [-0.3, -0.25) is 9.78 Å². The van der Waals surface area contributed by atoms with Gasteiger partial charge in [0.1, 0.15) is 5.75 Å². The van der Waals surface area contributed by atoms with Crippen molar-refractivity contribution >= 4 is 23.4 Å². The highest BCUT2D eigenvalue weighted by Crippen LogP contribution is 2.25. The number of hydrogen-bond acceptors (Lipinski definition) is 4. The fourth-order valence-corrected chi connectivity index (χ4v) is 2.05. The molecule has 0 fully saturated rings. The Hall–Kier alpha value is -2.01. The van der Waals surface area contributed by atoms with E-state index in [0.29, 0.717) is 5.56 Å². The Morgan fingerprint density at radius 2 is 2.11 bits per heavy atom. The zero-order valence-corrected chi connectivity index (χ0v) is 10.6. The number of carbonyl (C=O) groups is 1. The summed E-state index contributed by atoms with van der Waals surface area (Å²) in [6.45, 7) is 0. The number of aromatic nitrogens is 1. The molecule has 92 valence electrons. The van der Waals surface area contributed by atoms with Gasteiger partial charge in [0.2, 0.25) is 0 Å². The van der Waals surface area contributed by atoms with Crippen LogP contribution in [0.5, 0.6) is 5.75 Å². The molecule has 0 aliphatic carbocycles. The van der Waals surface area contributed by atoms with Gasteiger partial charge in [0.25, 0.3) is 5.91 Å². The van der Waals surface area contributed by atoms with E-state index >= 15 is 0 Å². The highest BCUT2D eigenvalue weighted by molar-refractivity contribution is 7.98. The van der Waals surface area contributed by atoms with Crippen molar-refractivity contribution in [3.05, 3.63) is 48.3 Å². The van der Waals surface area contributed by atoms with E-state index in [1.807, 2.05) is 30.5 Å². The molecule has 1 aromatic carbocycles. The Labute approximate surface area is 109 Å². The average molecular weight is 260 g/mol. The van der Waals surface area contributed by atoms with Crippen LogP contribution in [0, 0.1) is 0 Å². The monoisotopic (exact) mass is 260 g/mol. The Morgan fingerprint density at radius 3 is 2.83 bits per heavy atom. The number of anilines is 1. The van der Waals surface area contributed by atoms with Gasteiger partial charge in [-0.15, -0.1) is 11.8 Å². The molecule has 5 heteroatoms. The summed E-state index contributed by atoms with van der Waals surface area (Å²) in [6.07, 6.45) is 4.64. The number of aromatic hydroxyl groups is 1. The molecular weight excluding hydrogens is 248 g/mol. The topological polar surface area (TPSA) is 62.2 Å². The molecule has 0 aliphatic rings. The smallest absolute Gasteiger partial charge is 0.257 e. The number of rotatable bonds is 3. The predicted molar refractivity (Wildman–Crippen MR) is 72.1 cm³/mol. The van der Waals surface area contributed by atoms with Crippen LogP contribution in [0.2, 0.25) is 0 Å². The van der Waals surface area contributed by atoms with Gasteiger partial charge in [0, 0.05) is 11.1 Å². The quantitative estimate of drug-likeness (QED) is 0.833. The SMILES string of the molecule is CSc1ccccc1NC(=O)c1cncc(O)c1. The molecule has 0 aliphatic heterocycles. The fraction of sp³-hybridized carbons (Fsp3) is 0.0769. The maximum Gasteiger partial charge on any atom is 0.257 e. The number of pyridine rings is 1. The van der Waals surface area contributed by atoms with E-state index in [4.69, 9.17) is 0 Å². The van der Waals surface area contributed by atoms with E-state index in [-0.39, 0.29) is 11.7 Å². The van der Waals surface area contributed by atoms with E-state index < -0.39 is 0 Å². The second-order valence-electron chi connectivity index (χ2n) is 3.59. The summed E-state index contributed by atoms with van der Waals surface area (Å²) in [6, 6.07) is 8.92. The van der Waals surface area contributed by atoms with Crippen molar-refractivity contribution in [2.45, 2.75) is 4.90 Å². The van der Waals surface area contributed by atoms with Gasteiger partial charge in [-0.1, -0.05) is 12.1 Å². The van der Waals surface area contributed by atoms with Gasteiger partial charge in [-0.05, 0) is 24.5 Å². The number of para-hydroxylation sites is 1. The Morgan fingerprint density at radius 1 is 1.33 bits per heavy atom. The van der Waals surface area contributed by atoms with E-state index in [2.05, 4.69) is 10.3 Å². The molecule has 0 saturated heterocycles. The van der Waals surface area contributed by atoms with Crippen LogP contribution in [0.25, 0.3) is 0 Å². The number of carbonyl (C=O) groups excluding carboxylic acids is 1. The third-order valence-corrected chi connectivity index (χ3v) is 3.14. The lowest BCUT2D eigenvalue weighted by Crippen LogP contribution is -2.12. The molecule has 0 atom stereocenters. The van der Waals surface area contributed by atoms with Gasteiger partial charge in [0.05, 0.1) is 17.4 Å². The van der Waals surface area contributed by atoms with Crippen LogP contribution >= 0.6 is 11.8 Å². The summed E-state index contributed by atoms with van der Waals surface area (Å²) < 4.78 is 0. The van der Waals surface area contributed by atoms with Crippen molar-refractivity contribution in [3.63, 3.8) is 0 Å². The number of thioether (sulfide) groups is 1. The molecule has 0 radical (unpaired) electrons. The lowest BCUT2D eigenvalue weighted by atomic mass is 10.2. The van der Waals surface area contributed by atoms with Gasteiger partial charge in [0.15, 0.2) is 0 Å². The van der Waals surface area contributed by atoms with Crippen LogP contribution in [0.3, 0.4) is 0 Å². The lowest BCUT2D eigenvalue weighted by molar-refractivity contribution is 0.102. The van der Waals surface area contributed by atoms with E-state index in [1.165, 1.54) is 18.5 Å². The first-order valence-corrected chi connectivity index (χ1v) is 6.51. The van der Waals surface area contributed by atoms with Gasteiger partial charge in [-0.25, -0.2) is 0 Å². The van der Waals surface area contributed by atoms with Gasteiger partial charge >= 0.3 is 0 Å².